The number of hydrogen-bond acceptors (Lipinski definition) is 2. The van der Waals surface area contributed by atoms with Crippen LogP contribution in [0.25, 0.3) is 0 Å². The van der Waals surface area contributed by atoms with Crippen molar-refractivity contribution in [2.24, 2.45) is 0 Å². The molecule has 1 saturated heterocycles. The van der Waals surface area contributed by atoms with Crippen LogP contribution in [0.3, 0.4) is 0 Å². The summed E-state index contributed by atoms with van der Waals surface area (Å²) in [6, 6.07) is 5.35. The summed E-state index contributed by atoms with van der Waals surface area (Å²) in [6.45, 7) is -0.805. The van der Waals surface area contributed by atoms with Crippen LogP contribution >= 0.6 is 0 Å². The highest BCUT2D eigenvalue weighted by atomic mass is 19.4. The van der Waals surface area contributed by atoms with Crippen LogP contribution in [0.2, 0.25) is 0 Å². The maximum atomic E-state index is 13.1. The van der Waals surface area contributed by atoms with Crippen molar-refractivity contribution in [1.29, 1.82) is 0 Å². The summed E-state index contributed by atoms with van der Waals surface area (Å²) in [5.41, 5.74) is 0.680. The zero-order valence-electron chi connectivity index (χ0n) is 11.5. The molecular formula is C14H16F4N2O. The Kier molecular flexibility index (Phi) is 4.51. The SMILES string of the molecule is CN(Cc1cccc(F)c1)C1CCN(CC(F)(F)F)C1=O. The van der Waals surface area contributed by atoms with E-state index in [2.05, 4.69) is 0 Å². The Bertz CT molecular complexity index is 518. The van der Waals surface area contributed by atoms with E-state index in [4.69, 9.17) is 0 Å². The summed E-state index contributed by atoms with van der Waals surface area (Å²) >= 11 is 0. The average molecular weight is 304 g/mol. The fourth-order valence-corrected chi connectivity index (χ4v) is 2.54. The van der Waals surface area contributed by atoms with E-state index in [9.17, 15) is 22.4 Å². The van der Waals surface area contributed by atoms with Crippen molar-refractivity contribution in [3.05, 3.63) is 35.6 Å². The molecule has 0 aliphatic carbocycles. The minimum Gasteiger partial charge on any atom is -0.332 e. The number of carbonyl (C=O) groups is 1. The van der Waals surface area contributed by atoms with Crippen LogP contribution in [0.4, 0.5) is 17.6 Å². The van der Waals surface area contributed by atoms with Crippen molar-refractivity contribution in [1.82, 2.24) is 9.80 Å². The van der Waals surface area contributed by atoms with Gasteiger partial charge in [-0.2, -0.15) is 13.2 Å². The molecule has 0 bridgehead atoms. The Morgan fingerprint density at radius 1 is 1.38 bits per heavy atom. The number of carbonyl (C=O) groups excluding carboxylic acids is 1. The number of rotatable bonds is 4. The molecule has 0 N–H and O–H groups in total. The van der Waals surface area contributed by atoms with E-state index in [-0.39, 0.29) is 12.4 Å². The first-order valence-electron chi connectivity index (χ1n) is 6.56. The van der Waals surface area contributed by atoms with Crippen molar-refractivity contribution in [3.8, 4) is 0 Å². The summed E-state index contributed by atoms with van der Waals surface area (Å²) < 4.78 is 50.2. The number of alkyl halides is 3. The highest BCUT2D eigenvalue weighted by Gasteiger charge is 2.40. The fraction of sp³-hybridized carbons (Fsp3) is 0.500. The number of benzene rings is 1. The van der Waals surface area contributed by atoms with Gasteiger partial charge in [-0.05, 0) is 31.2 Å². The molecule has 0 radical (unpaired) electrons. The third-order valence-corrected chi connectivity index (χ3v) is 3.49. The normalized spacial score (nSPS) is 19.6. The van der Waals surface area contributed by atoms with E-state index >= 15 is 0 Å². The summed E-state index contributed by atoms with van der Waals surface area (Å²) in [5.74, 6) is -0.899. The number of amides is 1. The van der Waals surface area contributed by atoms with Gasteiger partial charge in [-0.15, -0.1) is 0 Å². The molecule has 1 fully saturated rings. The van der Waals surface area contributed by atoms with Gasteiger partial charge in [0, 0.05) is 13.1 Å². The van der Waals surface area contributed by atoms with Crippen LogP contribution in [0, 0.1) is 5.82 Å². The zero-order chi connectivity index (χ0) is 15.6. The van der Waals surface area contributed by atoms with Crippen LogP contribution in [0.1, 0.15) is 12.0 Å². The van der Waals surface area contributed by atoms with Crippen molar-refractivity contribution >= 4 is 5.91 Å². The molecule has 0 saturated carbocycles. The lowest BCUT2D eigenvalue weighted by atomic mass is 10.1. The maximum Gasteiger partial charge on any atom is 0.406 e. The number of hydrogen-bond donors (Lipinski definition) is 0. The van der Waals surface area contributed by atoms with Gasteiger partial charge in [0.05, 0.1) is 6.04 Å². The monoisotopic (exact) mass is 304 g/mol. The summed E-state index contributed by atoms with van der Waals surface area (Å²) in [4.78, 5) is 14.5. The molecule has 1 aromatic carbocycles. The van der Waals surface area contributed by atoms with E-state index < -0.39 is 24.7 Å². The van der Waals surface area contributed by atoms with Gasteiger partial charge in [0.1, 0.15) is 12.4 Å². The number of likely N-dealkylation sites (N-methyl/N-ethyl adjacent to an activating group) is 1. The Morgan fingerprint density at radius 2 is 2.10 bits per heavy atom. The maximum absolute atomic E-state index is 13.1. The van der Waals surface area contributed by atoms with Gasteiger partial charge in [0.2, 0.25) is 5.91 Å². The van der Waals surface area contributed by atoms with Crippen molar-refractivity contribution < 1.29 is 22.4 Å². The highest BCUT2D eigenvalue weighted by Crippen LogP contribution is 2.23. The predicted octanol–water partition coefficient (Wildman–Crippen LogP) is 2.42. The van der Waals surface area contributed by atoms with Crippen LogP contribution in [-0.4, -0.2) is 48.1 Å². The topological polar surface area (TPSA) is 23.6 Å². The van der Waals surface area contributed by atoms with Gasteiger partial charge in [-0.25, -0.2) is 4.39 Å². The lowest BCUT2D eigenvalue weighted by Crippen LogP contribution is -2.42. The lowest BCUT2D eigenvalue weighted by molar-refractivity contribution is -0.159. The van der Waals surface area contributed by atoms with Gasteiger partial charge in [-0.3, -0.25) is 9.69 Å². The molecule has 1 aliphatic rings. The summed E-state index contributed by atoms with van der Waals surface area (Å²) in [7, 11) is 1.66. The molecule has 0 spiro atoms. The van der Waals surface area contributed by atoms with E-state index in [0.717, 1.165) is 4.90 Å². The molecule has 0 aromatic heterocycles. The first-order valence-corrected chi connectivity index (χ1v) is 6.56. The molecule has 21 heavy (non-hydrogen) atoms. The molecule has 1 atom stereocenters. The molecule has 1 amide bonds. The Labute approximate surface area is 120 Å². The molecule has 1 aliphatic heterocycles. The average Bonchev–Trinajstić information content (AvgIpc) is 2.69. The smallest absolute Gasteiger partial charge is 0.332 e. The second-order valence-corrected chi connectivity index (χ2v) is 5.22. The standard InChI is InChI=1S/C14H16F4N2O/c1-19(8-10-3-2-4-11(15)7-10)12-5-6-20(13(12)21)9-14(16,17)18/h2-4,7,12H,5-6,8-9H2,1H3. The molecule has 116 valence electrons. The molecule has 1 unspecified atom stereocenters. The Morgan fingerprint density at radius 3 is 2.71 bits per heavy atom. The van der Waals surface area contributed by atoms with E-state index in [1.807, 2.05) is 0 Å². The zero-order valence-corrected chi connectivity index (χ0v) is 11.5. The number of halogens is 4. The molecule has 1 aromatic rings. The van der Waals surface area contributed by atoms with Crippen molar-refractivity contribution in [3.63, 3.8) is 0 Å². The Balaban J connectivity index is 1.98. The van der Waals surface area contributed by atoms with Gasteiger partial charge >= 0.3 is 6.18 Å². The third kappa shape index (κ3) is 4.17. The first kappa shape index (κ1) is 15.8. The highest BCUT2D eigenvalue weighted by molar-refractivity contribution is 5.84. The van der Waals surface area contributed by atoms with E-state index in [0.29, 0.717) is 18.5 Å². The fourth-order valence-electron chi connectivity index (χ4n) is 2.54. The molecular weight excluding hydrogens is 288 g/mol. The summed E-state index contributed by atoms with van der Waals surface area (Å²) in [5, 5.41) is 0. The van der Waals surface area contributed by atoms with Crippen LogP contribution < -0.4 is 0 Å². The number of nitrogens with zero attached hydrogens (tertiary/aromatic N) is 2. The molecule has 3 nitrogen and oxygen atoms in total. The Hall–Kier alpha value is -1.63. The second-order valence-electron chi connectivity index (χ2n) is 5.22. The van der Waals surface area contributed by atoms with Crippen LogP contribution in [0.5, 0.6) is 0 Å². The van der Waals surface area contributed by atoms with E-state index in [1.54, 1.807) is 24.1 Å². The summed E-state index contributed by atoms with van der Waals surface area (Å²) in [6.07, 6.45) is -4.04. The van der Waals surface area contributed by atoms with Crippen molar-refractivity contribution in [2.75, 3.05) is 20.1 Å². The largest absolute Gasteiger partial charge is 0.406 e. The van der Waals surface area contributed by atoms with E-state index in [1.165, 1.54) is 12.1 Å². The number of likely N-dealkylation sites (tertiary alicyclic amines) is 1. The molecule has 1 heterocycles. The van der Waals surface area contributed by atoms with Gasteiger partial charge in [0.15, 0.2) is 0 Å². The minimum atomic E-state index is -4.38. The first-order chi connectivity index (χ1) is 9.76. The molecule has 7 heteroatoms. The van der Waals surface area contributed by atoms with Gasteiger partial charge in [-0.1, -0.05) is 12.1 Å². The van der Waals surface area contributed by atoms with Gasteiger partial charge < -0.3 is 4.90 Å². The third-order valence-electron chi connectivity index (χ3n) is 3.49. The molecule has 2 rings (SSSR count). The second kappa shape index (κ2) is 6.01. The van der Waals surface area contributed by atoms with Crippen LogP contribution in [-0.2, 0) is 11.3 Å². The van der Waals surface area contributed by atoms with Gasteiger partial charge in [0.25, 0.3) is 0 Å². The minimum absolute atomic E-state index is 0.0938. The quantitative estimate of drug-likeness (QED) is 0.798. The predicted molar refractivity (Wildman–Crippen MR) is 68.9 cm³/mol. The van der Waals surface area contributed by atoms with Crippen LogP contribution in [0.15, 0.2) is 24.3 Å². The lowest BCUT2D eigenvalue weighted by Gasteiger charge is -2.24. The van der Waals surface area contributed by atoms with Crippen molar-refractivity contribution in [2.45, 2.75) is 25.2 Å².